The topological polar surface area (TPSA) is 83.8 Å². The Balaban J connectivity index is 2.33. The second kappa shape index (κ2) is 4.61. The summed E-state index contributed by atoms with van der Waals surface area (Å²) >= 11 is 0. The van der Waals surface area contributed by atoms with E-state index in [-0.39, 0.29) is 18.8 Å². The number of esters is 1. The zero-order chi connectivity index (χ0) is 11.5. The maximum absolute atomic E-state index is 10.9. The lowest BCUT2D eigenvalue weighted by Crippen LogP contribution is -2.30. The molecule has 2 N–H and O–H groups in total. The van der Waals surface area contributed by atoms with Crippen LogP contribution >= 0.6 is 0 Å². The van der Waals surface area contributed by atoms with Crippen molar-refractivity contribution in [3.05, 3.63) is 0 Å². The van der Waals surface area contributed by atoms with Crippen LogP contribution in [0.25, 0.3) is 0 Å². The number of aliphatic carboxylic acids is 1. The van der Waals surface area contributed by atoms with Crippen LogP contribution in [0.2, 0.25) is 0 Å². The number of carbonyl (C=O) groups excluding carboxylic acids is 1. The van der Waals surface area contributed by atoms with Gasteiger partial charge in [-0.2, -0.15) is 0 Å². The number of carboxylic acid groups (broad SMARTS) is 1. The van der Waals surface area contributed by atoms with Crippen molar-refractivity contribution in [3.63, 3.8) is 0 Å². The summed E-state index contributed by atoms with van der Waals surface area (Å²) in [4.78, 5) is 21.2. The largest absolute Gasteiger partial charge is 0.481 e. The molecular weight excluding hydrogens is 200 g/mol. The summed E-state index contributed by atoms with van der Waals surface area (Å²) in [6.07, 6.45) is 0.689. The third kappa shape index (κ3) is 3.87. The van der Waals surface area contributed by atoms with Gasteiger partial charge in [0.2, 0.25) is 0 Å². The van der Waals surface area contributed by atoms with Crippen molar-refractivity contribution in [1.29, 1.82) is 0 Å². The molecule has 1 saturated heterocycles. The number of aliphatic hydroxyl groups excluding tert-OH is 1. The standard InChI is InChI=1S/C10H16O5/c1-10(5-4-9(14)15-10)6-7(11)2-3-8(12)13/h7,11H,2-6H2,1H3,(H,12,13). The number of aliphatic hydroxyl groups is 1. The van der Waals surface area contributed by atoms with Crippen molar-refractivity contribution in [1.82, 2.24) is 0 Å². The molecule has 0 saturated carbocycles. The van der Waals surface area contributed by atoms with Gasteiger partial charge in [-0.3, -0.25) is 9.59 Å². The predicted molar refractivity (Wildman–Crippen MR) is 51.2 cm³/mol. The van der Waals surface area contributed by atoms with Crippen molar-refractivity contribution in [2.24, 2.45) is 0 Å². The Labute approximate surface area is 88.0 Å². The summed E-state index contributed by atoms with van der Waals surface area (Å²) < 4.78 is 5.08. The van der Waals surface area contributed by atoms with Gasteiger partial charge in [-0.05, 0) is 19.8 Å². The average molecular weight is 216 g/mol. The maximum Gasteiger partial charge on any atom is 0.306 e. The van der Waals surface area contributed by atoms with Crippen LogP contribution in [0.15, 0.2) is 0 Å². The molecule has 2 atom stereocenters. The normalized spacial score (nSPS) is 27.5. The highest BCUT2D eigenvalue weighted by molar-refractivity contribution is 5.72. The number of carbonyl (C=O) groups is 2. The van der Waals surface area contributed by atoms with Crippen LogP contribution in [0.5, 0.6) is 0 Å². The highest BCUT2D eigenvalue weighted by Crippen LogP contribution is 2.31. The number of carboxylic acids is 1. The van der Waals surface area contributed by atoms with Crippen LogP contribution in [-0.2, 0) is 14.3 Å². The summed E-state index contributed by atoms with van der Waals surface area (Å²) in [6.45, 7) is 1.77. The highest BCUT2D eigenvalue weighted by atomic mass is 16.6. The highest BCUT2D eigenvalue weighted by Gasteiger charge is 2.37. The van der Waals surface area contributed by atoms with E-state index in [1.165, 1.54) is 0 Å². The molecule has 1 rings (SSSR count). The van der Waals surface area contributed by atoms with Crippen LogP contribution in [0.3, 0.4) is 0 Å². The summed E-state index contributed by atoms with van der Waals surface area (Å²) in [7, 11) is 0. The summed E-state index contributed by atoms with van der Waals surface area (Å²) in [5, 5.41) is 18.0. The van der Waals surface area contributed by atoms with Crippen molar-refractivity contribution < 1.29 is 24.5 Å². The Hall–Kier alpha value is -1.10. The van der Waals surface area contributed by atoms with E-state index in [1.54, 1.807) is 6.92 Å². The third-order valence-corrected chi connectivity index (χ3v) is 2.58. The number of hydrogen-bond donors (Lipinski definition) is 2. The fraction of sp³-hybridized carbons (Fsp3) is 0.800. The Morgan fingerprint density at radius 2 is 2.33 bits per heavy atom. The quantitative estimate of drug-likeness (QED) is 0.661. The minimum absolute atomic E-state index is 0.0643. The minimum Gasteiger partial charge on any atom is -0.481 e. The lowest BCUT2D eigenvalue weighted by molar-refractivity contribution is -0.149. The van der Waals surface area contributed by atoms with E-state index in [9.17, 15) is 14.7 Å². The number of hydrogen-bond acceptors (Lipinski definition) is 4. The number of cyclic esters (lactones) is 1. The molecule has 1 aliphatic heterocycles. The molecule has 2 unspecified atom stereocenters. The molecule has 1 heterocycles. The Morgan fingerprint density at radius 1 is 1.67 bits per heavy atom. The van der Waals surface area contributed by atoms with Crippen LogP contribution in [0.1, 0.15) is 39.0 Å². The average Bonchev–Trinajstić information content (AvgIpc) is 2.42. The van der Waals surface area contributed by atoms with Crippen LogP contribution in [-0.4, -0.2) is 33.9 Å². The molecule has 15 heavy (non-hydrogen) atoms. The Bertz CT molecular complexity index is 263. The Kier molecular flexibility index (Phi) is 3.68. The van der Waals surface area contributed by atoms with E-state index in [0.29, 0.717) is 19.3 Å². The first-order valence-corrected chi connectivity index (χ1v) is 5.03. The van der Waals surface area contributed by atoms with Gasteiger partial charge in [-0.1, -0.05) is 0 Å². The minimum atomic E-state index is -0.928. The van der Waals surface area contributed by atoms with Crippen molar-refractivity contribution >= 4 is 11.9 Å². The zero-order valence-corrected chi connectivity index (χ0v) is 8.73. The van der Waals surface area contributed by atoms with Gasteiger partial charge in [0, 0.05) is 19.3 Å². The first kappa shape index (κ1) is 12.0. The fourth-order valence-electron chi connectivity index (χ4n) is 1.78. The summed E-state index contributed by atoms with van der Waals surface area (Å²) in [5.74, 6) is -1.18. The summed E-state index contributed by atoms with van der Waals surface area (Å²) in [5.41, 5.74) is -0.616. The lowest BCUT2D eigenvalue weighted by atomic mass is 9.93. The van der Waals surface area contributed by atoms with Gasteiger partial charge < -0.3 is 14.9 Å². The van der Waals surface area contributed by atoms with Gasteiger partial charge in [0.1, 0.15) is 5.60 Å². The Morgan fingerprint density at radius 3 is 2.80 bits per heavy atom. The fourth-order valence-corrected chi connectivity index (χ4v) is 1.78. The van der Waals surface area contributed by atoms with Crippen molar-refractivity contribution in [3.8, 4) is 0 Å². The number of rotatable bonds is 5. The zero-order valence-electron chi connectivity index (χ0n) is 8.73. The van der Waals surface area contributed by atoms with Crippen molar-refractivity contribution in [2.75, 3.05) is 0 Å². The third-order valence-electron chi connectivity index (χ3n) is 2.58. The van der Waals surface area contributed by atoms with E-state index in [2.05, 4.69) is 0 Å². The van der Waals surface area contributed by atoms with E-state index < -0.39 is 17.7 Å². The molecule has 0 aromatic rings. The summed E-state index contributed by atoms with van der Waals surface area (Å²) in [6, 6.07) is 0. The first-order valence-electron chi connectivity index (χ1n) is 5.03. The molecule has 1 fully saturated rings. The van der Waals surface area contributed by atoms with E-state index in [1.807, 2.05) is 0 Å². The smallest absolute Gasteiger partial charge is 0.306 e. The van der Waals surface area contributed by atoms with Crippen LogP contribution in [0, 0.1) is 0 Å². The molecule has 0 spiro atoms. The first-order chi connectivity index (χ1) is 6.91. The molecule has 5 heteroatoms. The lowest BCUT2D eigenvalue weighted by Gasteiger charge is -2.25. The van der Waals surface area contributed by atoms with E-state index >= 15 is 0 Å². The van der Waals surface area contributed by atoms with Crippen LogP contribution in [0.4, 0.5) is 0 Å². The van der Waals surface area contributed by atoms with Crippen molar-refractivity contribution in [2.45, 2.75) is 50.7 Å². The molecule has 0 radical (unpaired) electrons. The van der Waals surface area contributed by atoms with E-state index in [4.69, 9.17) is 9.84 Å². The molecule has 0 bridgehead atoms. The molecule has 5 nitrogen and oxygen atoms in total. The SMILES string of the molecule is CC1(CC(O)CCC(=O)O)CCC(=O)O1. The second-order valence-electron chi connectivity index (χ2n) is 4.21. The van der Waals surface area contributed by atoms with E-state index in [0.717, 1.165) is 0 Å². The van der Waals surface area contributed by atoms with Gasteiger partial charge in [0.25, 0.3) is 0 Å². The molecular formula is C10H16O5. The van der Waals surface area contributed by atoms with Gasteiger partial charge in [-0.25, -0.2) is 0 Å². The van der Waals surface area contributed by atoms with Gasteiger partial charge in [0.15, 0.2) is 0 Å². The van der Waals surface area contributed by atoms with Crippen LogP contribution < -0.4 is 0 Å². The predicted octanol–water partition coefficient (Wildman–Crippen LogP) is 0.698. The number of ether oxygens (including phenoxy) is 1. The van der Waals surface area contributed by atoms with Gasteiger partial charge in [0.05, 0.1) is 6.10 Å². The molecule has 1 aliphatic rings. The maximum atomic E-state index is 10.9. The molecule has 0 aliphatic carbocycles. The molecule has 0 aromatic carbocycles. The second-order valence-corrected chi connectivity index (χ2v) is 4.21. The molecule has 86 valence electrons. The van der Waals surface area contributed by atoms with Gasteiger partial charge >= 0.3 is 11.9 Å². The molecule has 0 amide bonds. The molecule has 0 aromatic heterocycles. The monoisotopic (exact) mass is 216 g/mol. The van der Waals surface area contributed by atoms with Gasteiger partial charge in [-0.15, -0.1) is 0 Å².